The molecule has 0 fully saturated rings. The molecule has 0 heterocycles. The molecule has 0 saturated heterocycles. The quantitative estimate of drug-likeness (QED) is 0.509. The molecule has 34 valence electrons. The van der Waals surface area contributed by atoms with Crippen molar-refractivity contribution in [1.29, 1.82) is 0 Å². The van der Waals surface area contributed by atoms with E-state index in [1.807, 2.05) is 0 Å². The Kier molecular flexibility index (Phi) is 11.8. The van der Waals surface area contributed by atoms with Gasteiger partial charge in [-0.3, -0.25) is 0 Å². The number of hydrogen-bond donors (Lipinski definition) is 0. The molecule has 6 heavy (non-hydrogen) atoms. The van der Waals surface area contributed by atoms with E-state index < -0.39 is 16.3 Å². The molecule has 0 atom stereocenters. The van der Waals surface area contributed by atoms with Crippen LogP contribution < -0.4 is 0 Å². The fourth-order valence-electron chi connectivity index (χ4n) is 0. The average Bonchev–Trinajstić information content (AvgIpc) is 0.722. The summed E-state index contributed by atoms with van der Waals surface area (Å²) in [6.45, 7) is 0. The zero-order valence-corrected chi connectivity index (χ0v) is 8.92. The van der Waals surface area contributed by atoms with Crippen molar-refractivity contribution >= 4 is 108 Å². The molecule has 0 aromatic rings. The Hall–Kier alpha value is 3.89. The van der Waals surface area contributed by atoms with Crippen LogP contribution in [0.15, 0.2) is 0 Å². The van der Waals surface area contributed by atoms with E-state index in [0.717, 1.165) is 0 Å². The monoisotopic (exact) mass is 434 g/mol. The second-order valence-corrected chi connectivity index (χ2v) is 33.8. The van der Waals surface area contributed by atoms with Gasteiger partial charge in [-0.2, -0.15) is 0 Å². The van der Waals surface area contributed by atoms with Crippen LogP contribution in [0, 0.1) is 0 Å². The molecular weight excluding hydrogens is 434 g/mol. The molecule has 0 N–H and O–H groups in total. The molecule has 0 spiro atoms. The number of rotatable bonds is 0. The molecule has 0 radical (unpaired) electrons. The fraction of sp³-hybridized carbons (Fsp3) is 0. The summed E-state index contributed by atoms with van der Waals surface area (Å²) in [6.07, 6.45) is 0. The van der Waals surface area contributed by atoms with Crippen molar-refractivity contribution in [2.24, 2.45) is 0 Å². The maximum atomic E-state index is 5.05. The standard InChI is InChI=1S/4ClH.Pb.Rb.H/h4*1H;;;/q;;;;+4;;/p-4. The average molecular weight is 435 g/mol. The first kappa shape index (κ1) is 12.6. The van der Waals surface area contributed by atoms with Gasteiger partial charge in [0.2, 0.25) is 0 Å². The predicted octanol–water partition coefficient (Wildman–Crippen LogP) is 1.73. The van der Waals surface area contributed by atoms with Gasteiger partial charge in [-0.05, 0) is 0 Å². The Morgan fingerprint density at radius 3 is 0.833 bits per heavy atom. The van der Waals surface area contributed by atoms with Crippen molar-refractivity contribution in [3.05, 3.63) is 0 Å². The summed E-state index contributed by atoms with van der Waals surface area (Å²) < 4.78 is 0. The van der Waals surface area contributed by atoms with Crippen molar-refractivity contribution in [2.45, 2.75) is 0 Å². The molecule has 0 aliphatic rings. The first-order valence-corrected chi connectivity index (χ1v) is 19.9. The van der Waals surface area contributed by atoms with Gasteiger partial charge in [0, 0.05) is 0 Å². The SMILES string of the molecule is [Cl][Pb]([Cl])([Cl])[Cl].[RbH]. The topological polar surface area (TPSA) is 0 Å². The van der Waals surface area contributed by atoms with E-state index in [-0.39, 0.29) is 58.2 Å². The molecule has 0 saturated carbocycles. The van der Waals surface area contributed by atoms with E-state index in [9.17, 15) is 0 Å². The van der Waals surface area contributed by atoms with Gasteiger partial charge in [0.1, 0.15) is 0 Å². The molecule has 6 heteroatoms. The Balaban J connectivity index is 0. The molecule has 0 aromatic heterocycles. The van der Waals surface area contributed by atoms with Gasteiger partial charge in [0.05, 0.1) is 0 Å². The molecule has 0 aromatic carbocycles. The van der Waals surface area contributed by atoms with E-state index in [0.29, 0.717) is 0 Å². The Bertz CT molecular complexity index is 23.0. The summed E-state index contributed by atoms with van der Waals surface area (Å²) in [5, 5.41) is 0. The minimum atomic E-state index is -3.39. The molecule has 0 nitrogen and oxygen atoms in total. The zero-order chi connectivity index (χ0) is 4.50. The Morgan fingerprint density at radius 2 is 0.833 bits per heavy atom. The Labute approximate surface area is 104 Å². The second kappa shape index (κ2) is 5.66. The summed E-state index contributed by atoms with van der Waals surface area (Å²) in [5.74, 6) is 0. The normalized spacial score (nSPS) is 10.0. The van der Waals surface area contributed by atoms with Gasteiger partial charge in [0.15, 0.2) is 0 Å². The van der Waals surface area contributed by atoms with Gasteiger partial charge < -0.3 is 0 Å². The fourth-order valence-corrected chi connectivity index (χ4v) is 0. The van der Waals surface area contributed by atoms with E-state index >= 15 is 0 Å². The van der Waals surface area contributed by atoms with Crippen LogP contribution in [0.5, 0.6) is 0 Å². The van der Waals surface area contributed by atoms with Crippen molar-refractivity contribution < 1.29 is 0 Å². The van der Waals surface area contributed by atoms with Crippen LogP contribution in [0.3, 0.4) is 0 Å². The van der Waals surface area contributed by atoms with E-state index in [2.05, 4.69) is 0 Å². The molecule has 0 unspecified atom stereocenters. The van der Waals surface area contributed by atoms with Gasteiger partial charge in [0.25, 0.3) is 0 Å². The summed E-state index contributed by atoms with van der Waals surface area (Å²) >= 11 is -3.39. The van der Waals surface area contributed by atoms with Crippen molar-refractivity contribution in [3.63, 3.8) is 0 Å². The molecule has 0 aliphatic heterocycles. The van der Waals surface area contributed by atoms with E-state index in [1.165, 1.54) is 0 Å². The third-order valence-electron chi connectivity index (χ3n) is 0. The van der Waals surface area contributed by atoms with Crippen LogP contribution >= 0.6 is 33.3 Å². The molecule has 0 bridgehead atoms. The van der Waals surface area contributed by atoms with Crippen molar-refractivity contribution in [1.82, 2.24) is 0 Å². The molecule has 0 rings (SSSR count). The molecular formula is HCl4PbRb. The van der Waals surface area contributed by atoms with E-state index in [4.69, 9.17) is 33.3 Å². The Morgan fingerprint density at radius 1 is 0.833 bits per heavy atom. The first-order valence-electron chi connectivity index (χ1n) is 0.756. The van der Waals surface area contributed by atoms with Crippen LogP contribution in [0.1, 0.15) is 0 Å². The van der Waals surface area contributed by atoms with Crippen LogP contribution in [0.25, 0.3) is 0 Å². The molecule has 0 amide bonds. The number of halogens is 4. The van der Waals surface area contributed by atoms with Gasteiger partial charge in [-0.15, -0.1) is 0 Å². The van der Waals surface area contributed by atoms with Crippen LogP contribution in [-0.4, -0.2) is 74.5 Å². The van der Waals surface area contributed by atoms with Crippen LogP contribution in [-0.2, 0) is 0 Å². The third kappa shape index (κ3) is 24.8. The summed E-state index contributed by atoms with van der Waals surface area (Å²) in [6, 6.07) is 0. The third-order valence-corrected chi connectivity index (χ3v) is 0. The number of hydrogen-bond acceptors (Lipinski definition) is 0. The summed E-state index contributed by atoms with van der Waals surface area (Å²) in [4.78, 5) is 0. The van der Waals surface area contributed by atoms with Crippen molar-refractivity contribution in [3.8, 4) is 0 Å². The first-order chi connectivity index (χ1) is 2.00. The second-order valence-electron chi connectivity index (χ2n) is 0.429. The predicted molar refractivity (Wildman–Crippen MR) is 36.3 cm³/mol. The molecule has 0 aliphatic carbocycles. The van der Waals surface area contributed by atoms with Crippen LogP contribution in [0.4, 0.5) is 0 Å². The summed E-state index contributed by atoms with van der Waals surface area (Å²) in [7, 11) is 20.2. The summed E-state index contributed by atoms with van der Waals surface area (Å²) in [5.41, 5.74) is 0. The van der Waals surface area contributed by atoms with Gasteiger partial charge in [-0.25, -0.2) is 0 Å². The van der Waals surface area contributed by atoms with Crippen molar-refractivity contribution in [2.75, 3.05) is 0 Å². The van der Waals surface area contributed by atoms with Crippen LogP contribution in [0.2, 0.25) is 0 Å². The van der Waals surface area contributed by atoms with E-state index in [1.54, 1.807) is 0 Å². The maximum absolute atomic E-state index is 5.05. The minimum absolute atomic E-state index is 0. The zero-order valence-electron chi connectivity index (χ0n) is 2.01. The van der Waals surface area contributed by atoms with Gasteiger partial charge in [-0.1, -0.05) is 0 Å². The van der Waals surface area contributed by atoms with Gasteiger partial charge >= 0.3 is 108 Å².